The van der Waals surface area contributed by atoms with Crippen molar-refractivity contribution in [3.63, 3.8) is 0 Å². The van der Waals surface area contributed by atoms with Gasteiger partial charge in [-0.15, -0.1) is 0 Å². The summed E-state index contributed by atoms with van der Waals surface area (Å²) in [6, 6.07) is 27.6. The van der Waals surface area contributed by atoms with Crippen molar-refractivity contribution < 1.29 is 24.2 Å². The van der Waals surface area contributed by atoms with Gasteiger partial charge in [-0.2, -0.15) is 0 Å². The molecule has 0 heterocycles. The summed E-state index contributed by atoms with van der Waals surface area (Å²) in [5, 5.41) is 13.4. The Morgan fingerprint density at radius 3 is 2.31 bits per heavy atom. The number of para-hydroxylation sites is 1. The van der Waals surface area contributed by atoms with Crippen molar-refractivity contribution in [3.8, 4) is 11.5 Å². The first kappa shape index (κ1) is 20.9. The number of carboxylic acids is 1. The van der Waals surface area contributed by atoms with E-state index in [0.717, 1.165) is 16.3 Å². The number of carboxylic acid groups (broad SMARTS) is 1. The largest absolute Gasteiger partial charge is 0.488 e. The minimum absolute atomic E-state index is 0.269. The molecule has 0 aliphatic rings. The Balaban J connectivity index is 1.47. The molecule has 4 rings (SSSR count). The first-order chi connectivity index (χ1) is 15.6. The van der Waals surface area contributed by atoms with Crippen molar-refractivity contribution in [3.05, 3.63) is 102 Å². The highest BCUT2D eigenvalue weighted by Crippen LogP contribution is 2.26. The lowest BCUT2D eigenvalue weighted by atomic mass is 10.1. The molecule has 4 aromatic rings. The fourth-order valence-corrected chi connectivity index (χ4v) is 3.25. The van der Waals surface area contributed by atoms with E-state index in [0.29, 0.717) is 29.4 Å². The lowest BCUT2D eigenvalue weighted by Crippen LogP contribution is -2.13. The van der Waals surface area contributed by atoms with E-state index in [1.807, 2.05) is 54.6 Å². The number of aliphatic carboxylic acids is 1. The second kappa shape index (κ2) is 9.66. The fraction of sp³-hybridized carbons (Fsp3) is 0.0769. The molecule has 2 N–H and O–H groups in total. The molecule has 0 radical (unpaired) electrons. The number of hydrogen-bond acceptors (Lipinski definition) is 4. The maximum atomic E-state index is 12.9. The summed E-state index contributed by atoms with van der Waals surface area (Å²) in [6.45, 7) is -0.0290. The molecule has 0 saturated heterocycles. The van der Waals surface area contributed by atoms with Gasteiger partial charge in [0, 0.05) is 5.69 Å². The van der Waals surface area contributed by atoms with Crippen LogP contribution in [0.2, 0.25) is 0 Å². The van der Waals surface area contributed by atoms with Crippen LogP contribution in [0.1, 0.15) is 15.9 Å². The molecule has 32 heavy (non-hydrogen) atoms. The van der Waals surface area contributed by atoms with Gasteiger partial charge in [0.2, 0.25) is 0 Å². The number of carbonyl (C=O) groups is 2. The number of fused-ring (bicyclic) bond motifs is 1. The van der Waals surface area contributed by atoms with Gasteiger partial charge in [0.05, 0.1) is 5.56 Å². The van der Waals surface area contributed by atoms with E-state index in [-0.39, 0.29) is 5.91 Å². The van der Waals surface area contributed by atoms with Gasteiger partial charge in [0.25, 0.3) is 5.91 Å². The molecule has 0 aromatic heterocycles. The Kier molecular flexibility index (Phi) is 6.32. The molecule has 0 saturated carbocycles. The summed E-state index contributed by atoms with van der Waals surface area (Å²) >= 11 is 0. The number of nitrogens with one attached hydrogen (secondary N) is 1. The van der Waals surface area contributed by atoms with Crippen molar-refractivity contribution in [1.82, 2.24) is 0 Å². The van der Waals surface area contributed by atoms with Gasteiger partial charge in [-0.1, -0.05) is 54.6 Å². The number of ether oxygens (including phenoxy) is 2. The minimum atomic E-state index is -1.03. The maximum Gasteiger partial charge on any atom is 0.341 e. The summed E-state index contributed by atoms with van der Waals surface area (Å²) in [5.41, 5.74) is 2.10. The average molecular weight is 427 g/mol. The van der Waals surface area contributed by atoms with Crippen LogP contribution in [0, 0.1) is 0 Å². The second-order valence-electron chi connectivity index (χ2n) is 7.13. The van der Waals surface area contributed by atoms with Crippen molar-refractivity contribution in [2.45, 2.75) is 6.61 Å². The quantitative estimate of drug-likeness (QED) is 0.407. The van der Waals surface area contributed by atoms with E-state index in [2.05, 4.69) is 5.32 Å². The Bertz CT molecular complexity index is 1250. The first-order valence-electron chi connectivity index (χ1n) is 10.0. The van der Waals surface area contributed by atoms with Crippen LogP contribution in [0.4, 0.5) is 5.69 Å². The van der Waals surface area contributed by atoms with Crippen LogP contribution < -0.4 is 14.8 Å². The van der Waals surface area contributed by atoms with Gasteiger partial charge >= 0.3 is 5.97 Å². The van der Waals surface area contributed by atoms with Crippen LogP contribution in [0.15, 0.2) is 91.0 Å². The van der Waals surface area contributed by atoms with Crippen LogP contribution in [-0.2, 0) is 11.4 Å². The lowest BCUT2D eigenvalue weighted by molar-refractivity contribution is -0.139. The van der Waals surface area contributed by atoms with Crippen LogP contribution in [0.3, 0.4) is 0 Å². The molecule has 0 fully saturated rings. The number of hydrogen-bond donors (Lipinski definition) is 2. The highest BCUT2D eigenvalue weighted by molar-refractivity contribution is 6.07. The van der Waals surface area contributed by atoms with Gasteiger partial charge < -0.3 is 19.9 Å². The van der Waals surface area contributed by atoms with Gasteiger partial charge in [-0.3, -0.25) is 4.79 Å². The highest BCUT2D eigenvalue weighted by Gasteiger charge is 2.13. The lowest BCUT2D eigenvalue weighted by Gasteiger charge is -2.12. The first-order valence-corrected chi connectivity index (χ1v) is 10.0. The van der Waals surface area contributed by atoms with Gasteiger partial charge in [0.15, 0.2) is 6.61 Å². The van der Waals surface area contributed by atoms with Crippen molar-refractivity contribution >= 4 is 28.3 Å². The van der Waals surface area contributed by atoms with Crippen molar-refractivity contribution in [2.75, 3.05) is 11.9 Å². The van der Waals surface area contributed by atoms with E-state index in [9.17, 15) is 9.59 Å². The molecule has 0 unspecified atom stereocenters. The van der Waals surface area contributed by atoms with E-state index >= 15 is 0 Å². The smallest absolute Gasteiger partial charge is 0.341 e. The molecule has 0 aliphatic heterocycles. The molecule has 6 heteroatoms. The predicted octanol–water partition coefficient (Wildman–Crippen LogP) is 5.13. The molecule has 0 bridgehead atoms. The van der Waals surface area contributed by atoms with Gasteiger partial charge in [-0.25, -0.2) is 4.79 Å². The van der Waals surface area contributed by atoms with Crippen LogP contribution in [0.5, 0.6) is 11.5 Å². The van der Waals surface area contributed by atoms with E-state index < -0.39 is 12.6 Å². The summed E-state index contributed by atoms with van der Waals surface area (Å²) < 4.78 is 11.1. The van der Waals surface area contributed by atoms with Crippen LogP contribution in [0.25, 0.3) is 10.8 Å². The monoisotopic (exact) mass is 427 g/mol. The topological polar surface area (TPSA) is 84.9 Å². The zero-order chi connectivity index (χ0) is 22.3. The summed E-state index contributed by atoms with van der Waals surface area (Å²) in [5.74, 6) is -0.318. The second-order valence-corrected chi connectivity index (χ2v) is 7.13. The maximum absolute atomic E-state index is 12.9. The molecule has 0 aliphatic carbocycles. The third-order valence-electron chi connectivity index (χ3n) is 4.80. The minimum Gasteiger partial charge on any atom is -0.488 e. The van der Waals surface area contributed by atoms with Crippen LogP contribution in [-0.4, -0.2) is 23.6 Å². The molecule has 4 aromatic carbocycles. The normalized spacial score (nSPS) is 10.5. The number of benzene rings is 4. The summed E-state index contributed by atoms with van der Waals surface area (Å²) in [6.07, 6.45) is 0. The molecular weight excluding hydrogens is 406 g/mol. The number of anilines is 1. The summed E-state index contributed by atoms with van der Waals surface area (Å²) in [7, 11) is 0. The van der Waals surface area contributed by atoms with Gasteiger partial charge in [-0.05, 0) is 52.7 Å². The average Bonchev–Trinajstić information content (AvgIpc) is 2.82. The van der Waals surface area contributed by atoms with Gasteiger partial charge in [0.1, 0.15) is 18.1 Å². The zero-order valence-electron chi connectivity index (χ0n) is 17.2. The predicted molar refractivity (Wildman–Crippen MR) is 122 cm³/mol. The summed E-state index contributed by atoms with van der Waals surface area (Å²) in [4.78, 5) is 23.6. The fourth-order valence-electron chi connectivity index (χ4n) is 3.25. The zero-order valence-corrected chi connectivity index (χ0v) is 17.2. The van der Waals surface area contributed by atoms with Crippen LogP contribution >= 0.6 is 0 Å². The van der Waals surface area contributed by atoms with E-state index in [1.165, 1.54) is 0 Å². The van der Waals surface area contributed by atoms with Crippen molar-refractivity contribution in [1.29, 1.82) is 0 Å². The highest BCUT2D eigenvalue weighted by atomic mass is 16.5. The van der Waals surface area contributed by atoms with E-state index in [1.54, 1.807) is 36.4 Å². The Hall–Kier alpha value is -4.32. The third-order valence-corrected chi connectivity index (χ3v) is 4.80. The Morgan fingerprint density at radius 2 is 1.50 bits per heavy atom. The Labute approximate surface area is 185 Å². The number of carbonyl (C=O) groups excluding carboxylic acids is 1. The molecule has 0 atom stereocenters. The number of amides is 1. The Morgan fingerprint density at radius 1 is 0.781 bits per heavy atom. The molecule has 6 nitrogen and oxygen atoms in total. The van der Waals surface area contributed by atoms with E-state index in [4.69, 9.17) is 14.6 Å². The van der Waals surface area contributed by atoms with Crippen molar-refractivity contribution in [2.24, 2.45) is 0 Å². The standard InChI is InChI=1S/C26H21NO5/c28-25(29)17-31-22-13-11-19-14-21(12-10-20(19)15-22)27-26(30)23-8-4-5-9-24(23)32-16-18-6-2-1-3-7-18/h1-15H,16-17H2,(H,27,30)(H,28,29). The molecule has 1 amide bonds. The molecular formula is C26H21NO5. The SMILES string of the molecule is O=C(O)COc1ccc2cc(NC(=O)c3ccccc3OCc3ccccc3)ccc2c1. The molecule has 160 valence electrons. The molecule has 0 spiro atoms. The number of rotatable bonds is 8. The third kappa shape index (κ3) is 5.23.